The fourth-order valence-electron chi connectivity index (χ4n) is 1.30. The minimum absolute atomic E-state index is 0. The number of aromatic nitrogens is 4. The van der Waals surface area contributed by atoms with E-state index in [0.717, 1.165) is 6.42 Å². The first-order valence-electron chi connectivity index (χ1n) is 5.03. The van der Waals surface area contributed by atoms with Gasteiger partial charge < -0.3 is 20.4 Å². The number of hydrogen-bond donors (Lipinski definition) is 4. The lowest BCUT2D eigenvalue weighted by molar-refractivity contribution is 0.180. The Kier molecular flexibility index (Phi) is 7.24. The van der Waals surface area contributed by atoms with Crippen molar-refractivity contribution in [1.82, 2.24) is 20.6 Å². The molecule has 17 heavy (non-hydrogen) atoms. The van der Waals surface area contributed by atoms with Gasteiger partial charge in [0, 0.05) is 6.61 Å². The first-order chi connectivity index (χ1) is 7.52. The molecular formula is C7H17BClN5O3. The number of tetrazole rings is 1. The monoisotopic (exact) mass is 265 g/mol. The highest BCUT2D eigenvalue weighted by Crippen LogP contribution is 2.19. The molecule has 98 valence electrons. The predicted molar refractivity (Wildman–Crippen MR) is 63.0 cm³/mol. The molecule has 0 aliphatic heterocycles. The number of unbranched alkanes of at least 4 members (excludes halogenated alkanes) is 1. The molecule has 1 aromatic heterocycles. The summed E-state index contributed by atoms with van der Waals surface area (Å²) in [5.74, 6) is 0.468. The van der Waals surface area contributed by atoms with Gasteiger partial charge in [-0.15, -0.1) is 22.6 Å². The molecule has 8 nitrogen and oxygen atoms in total. The molecule has 0 fully saturated rings. The van der Waals surface area contributed by atoms with E-state index in [2.05, 4.69) is 25.3 Å². The van der Waals surface area contributed by atoms with Crippen LogP contribution in [-0.2, 0) is 10.2 Å². The third-order valence-corrected chi connectivity index (χ3v) is 2.21. The van der Waals surface area contributed by atoms with Crippen LogP contribution in [0, 0.1) is 0 Å². The quantitative estimate of drug-likeness (QED) is 0.365. The molecule has 10 heteroatoms. The van der Waals surface area contributed by atoms with E-state index in [1.165, 1.54) is 0 Å². The summed E-state index contributed by atoms with van der Waals surface area (Å²) in [6.45, 7) is 2.10. The zero-order valence-corrected chi connectivity index (χ0v) is 10.4. The number of nitrogens with one attached hydrogen (secondary N) is 1. The van der Waals surface area contributed by atoms with Gasteiger partial charge in [-0.05, 0) is 26.2 Å². The maximum absolute atomic E-state index is 8.44. The lowest BCUT2D eigenvalue weighted by atomic mass is 9.95. The molecule has 0 amide bonds. The van der Waals surface area contributed by atoms with Crippen LogP contribution in [0.25, 0.3) is 0 Å². The van der Waals surface area contributed by atoms with Crippen molar-refractivity contribution in [3.63, 3.8) is 0 Å². The molecule has 0 radical (unpaired) electrons. The number of H-pyrrole nitrogens is 1. The van der Waals surface area contributed by atoms with Crippen LogP contribution < -0.4 is 5.73 Å². The standard InChI is InChI=1S/C7H16BN5O3.ClH/c1-7(9,6-10-12-13-11-6)4-2-3-5-16-8(14)15;/h14-15H,2-5,9H2,1H3,(H,10,11,12,13);1H. The maximum atomic E-state index is 8.44. The first-order valence-corrected chi connectivity index (χ1v) is 5.03. The molecular weight excluding hydrogens is 248 g/mol. The van der Waals surface area contributed by atoms with E-state index in [-0.39, 0.29) is 19.0 Å². The summed E-state index contributed by atoms with van der Waals surface area (Å²) < 4.78 is 4.57. The summed E-state index contributed by atoms with van der Waals surface area (Å²) in [6, 6.07) is 0. The van der Waals surface area contributed by atoms with E-state index in [1.807, 2.05) is 6.92 Å². The Morgan fingerprint density at radius 1 is 1.47 bits per heavy atom. The number of aromatic amines is 1. The van der Waals surface area contributed by atoms with Gasteiger partial charge in [0.2, 0.25) is 0 Å². The number of halogens is 1. The Hall–Kier alpha value is -0.735. The van der Waals surface area contributed by atoms with Crippen molar-refractivity contribution in [1.29, 1.82) is 0 Å². The van der Waals surface area contributed by atoms with E-state index in [0.29, 0.717) is 18.7 Å². The lowest BCUT2D eigenvalue weighted by Crippen LogP contribution is -2.34. The van der Waals surface area contributed by atoms with Crippen molar-refractivity contribution < 1.29 is 14.7 Å². The van der Waals surface area contributed by atoms with Crippen LogP contribution in [0.3, 0.4) is 0 Å². The Balaban J connectivity index is 0.00000256. The molecule has 1 atom stereocenters. The molecule has 0 saturated carbocycles. The summed E-state index contributed by atoms with van der Waals surface area (Å²) >= 11 is 0. The third kappa shape index (κ3) is 5.94. The molecule has 1 rings (SSSR count). The van der Waals surface area contributed by atoms with Crippen LogP contribution in [0.4, 0.5) is 0 Å². The minimum Gasteiger partial charge on any atom is -0.402 e. The smallest absolute Gasteiger partial charge is 0.402 e. The van der Waals surface area contributed by atoms with E-state index in [4.69, 9.17) is 15.8 Å². The second-order valence-corrected chi connectivity index (χ2v) is 3.81. The van der Waals surface area contributed by atoms with Crippen molar-refractivity contribution in [2.45, 2.75) is 31.7 Å². The Morgan fingerprint density at radius 2 is 2.18 bits per heavy atom. The summed E-state index contributed by atoms with van der Waals surface area (Å²) in [4.78, 5) is 0. The summed E-state index contributed by atoms with van der Waals surface area (Å²) in [5.41, 5.74) is 5.37. The van der Waals surface area contributed by atoms with Crippen molar-refractivity contribution in [2.24, 2.45) is 5.73 Å². The normalized spacial score (nSPS) is 13.9. The maximum Gasteiger partial charge on any atom is 0.633 e. The first kappa shape index (κ1) is 16.3. The van der Waals surface area contributed by atoms with Crippen molar-refractivity contribution >= 4 is 19.7 Å². The van der Waals surface area contributed by atoms with Gasteiger partial charge in [-0.3, -0.25) is 0 Å². The van der Waals surface area contributed by atoms with Gasteiger partial charge in [-0.1, -0.05) is 5.21 Å². The summed E-state index contributed by atoms with van der Waals surface area (Å²) in [5, 5.41) is 30.3. The number of nitrogens with two attached hydrogens (primary N) is 1. The van der Waals surface area contributed by atoms with Gasteiger partial charge in [0.1, 0.15) is 0 Å². The second kappa shape index (κ2) is 7.56. The Morgan fingerprint density at radius 3 is 2.71 bits per heavy atom. The van der Waals surface area contributed by atoms with E-state index >= 15 is 0 Å². The largest absolute Gasteiger partial charge is 0.633 e. The number of nitrogens with zero attached hydrogens (tertiary/aromatic N) is 3. The Labute approximate surface area is 106 Å². The van der Waals surface area contributed by atoms with Gasteiger partial charge in [0.15, 0.2) is 5.82 Å². The molecule has 1 aromatic rings. The molecule has 0 spiro atoms. The van der Waals surface area contributed by atoms with Crippen LogP contribution in [0.2, 0.25) is 0 Å². The van der Waals surface area contributed by atoms with Crippen LogP contribution in [0.5, 0.6) is 0 Å². The van der Waals surface area contributed by atoms with E-state index in [1.54, 1.807) is 0 Å². The molecule has 0 saturated heterocycles. The zero-order chi connectivity index (χ0) is 12.0. The average Bonchev–Trinajstić information content (AvgIpc) is 2.69. The predicted octanol–water partition coefficient (Wildman–Crippen LogP) is -1.05. The second-order valence-electron chi connectivity index (χ2n) is 3.81. The van der Waals surface area contributed by atoms with Crippen molar-refractivity contribution in [3.8, 4) is 0 Å². The highest BCUT2D eigenvalue weighted by molar-refractivity contribution is 6.32. The topological polar surface area (TPSA) is 130 Å². The van der Waals surface area contributed by atoms with Gasteiger partial charge in [-0.2, -0.15) is 5.21 Å². The zero-order valence-electron chi connectivity index (χ0n) is 9.54. The highest BCUT2D eigenvalue weighted by Gasteiger charge is 2.25. The average molecular weight is 266 g/mol. The van der Waals surface area contributed by atoms with Crippen LogP contribution in [-0.4, -0.2) is 44.6 Å². The molecule has 1 unspecified atom stereocenters. The SMILES string of the molecule is CC(N)(CCCCOB(O)O)c1nn[nH]n1.Cl. The van der Waals surface area contributed by atoms with Crippen LogP contribution in [0.1, 0.15) is 32.0 Å². The Bertz CT molecular complexity index is 298. The van der Waals surface area contributed by atoms with E-state index < -0.39 is 12.9 Å². The molecule has 0 aliphatic rings. The number of rotatable bonds is 7. The van der Waals surface area contributed by atoms with Gasteiger partial charge >= 0.3 is 7.32 Å². The third-order valence-electron chi connectivity index (χ3n) is 2.21. The summed E-state index contributed by atoms with van der Waals surface area (Å²) in [7, 11) is -1.71. The van der Waals surface area contributed by atoms with Gasteiger partial charge in [0.25, 0.3) is 0 Å². The fraction of sp³-hybridized carbons (Fsp3) is 0.857. The van der Waals surface area contributed by atoms with Crippen LogP contribution in [0.15, 0.2) is 0 Å². The number of hydrogen-bond acceptors (Lipinski definition) is 7. The van der Waals surface area contributed by atoms with Crippen LogP contribution >= 0.6 is 12.4 Å². The molecule has 0 aromatic carbocycles. The van der Waals surface area contributed by atoms with Gasteiger partial charge in [0.05, 0.1) is 5.54 Å². The molecule has 1 heterocycles. The molecule has 0 aliphatic carbocycles. The molecule has 5 N–H and O–H groups in total. The van der Waals surface area contributed by atoms with Crippen molar-refractivity contribution in [3.05, 3.63) is 5.82 Å². The van der Waals surface area contributed by atoms with Gasteiger partial charge in [-0.25, -0.2) is 0 Å². The fourth-order valence-corrected chi connectivity index (χ4v) is 1.30. The highest BCUT2D eigenvalue weighted by atomic mass is 35.5. The molecule has 0 bridgehead atoms. The lowest BCUT2D eigenvalue weighted by Gasteiger charge is -2.19. The van der Waals surface area contributed by atoms with Crippen molar-refractivity contribution in [2.75, 3.05) is 6.61 Å². The summed E-state index contributed by atoms with van der Waals surface area (Å²) in [6.07, 6.45) is 2.12. The van der Waals surface area contributed by atoms with E-state index in [9.17, 15) is 0 Å². The minimum atomic E-state index is -1.71.